The number of rotatable bonds is 6. The van der Waals surface area contributed by atoms with E-state index in [2.05, 4.69) is 0 Å². The van der Waals surface area contributed by atoms with Gasteiger partial charge in [0.2, 0.25) is 0 Å². The van der Waals surface area contributed by atoms with Gasteiger partial charge in [-0.25, -0.2) is 8.78 Å². The SMILES string of the molecule is CC(=O)C(C)(C)[C@@H](OCc1ccccc1)c1ccc(F)c(F)c1. The quantitative estimate of drug-likeness (QED) is 0.762. The van der Waals surface area contributed by atoms with Crippen molar-refractivity contribution in [1.82, 2.24) is 0 Å². The second-order valence-corrected chi connectivity index (χ2v) is 6.13. The van der Waals surface area contributed by atoms with Gasteiger partial charge in [0.05, 0.1) is 18.1 Å². The predicted molar refractivity (Wildman–Crippen MR) is 84.8 cm³/mol. The van der Waals surface area contributed by atoms with E-state index >= 15 is 0 Å². The summed E-state index contributed by atoms with van der Waals surface area (Å²) in [4.78, 5) is 12.0. The topological polar surface area (TPSA) is 26.3 Å². The van der Waals surface area contributed by atoms with Crippen LogP contribution in [-0.2, 0) is 16.1 Å². The van der Waals surface area contributed by atoms with E-state index in [0.29, 0.717) is 5.56 Å². The number of ketones is 1. The zero-order chi connectivity index (χ0) is 17.0. The summed E-state index contributed by atoms with van der Waals surface area (Å²) >= 11 is 0. The lowest BCUT2D eigenvalue weighted by Gasteiger charge is -2.32. The molecule has 1 atom stereocenters. The van der Waals surface area contributed by atoms with Gasteiger partial charge in [-0.2, -0.15) is 0 Å². The van der Waals surface area contributed by atoms with Gasteiger partial charge in [-0.3, -0.25) is 4.79 Å². The normalized spacial score (nSPS) is 12.9. The van der Waals surface area contributed by atoms with Gasteiger partial charge in [0.25, 0.3) is 0 Å². The van der Waals surface area contributed by atoms with Crippen LogP contribution in [0, 0.1) is 17.0 Å². The number of hydrogen-bond acceptors (Lipinski definition) is 2. The van der Waals surface area contributed by atoms with Crippen molar-refractivity contribution in [3.63, 3.8) is 0 Å². The van der Waals surface area contributed by atoms with Crippen LogP contribution in [0.15, 0.2) is 48.5 Å². The number of benzene rings is 2. The summed E-state index contributed by atoms with van der Waals surface area (Å²) in [5.41, 5.74) is 0.526. The number of hydrogen-bond donors (Lipinski definition) is 0. The van der Waals surface area contributed by atoms with Gasteiger partial charge in [-0.05, 0) is 30.2 Å². The molecule has 0 aliphatic carbocycles. The highest BCUT2D eigenvalue weighted by atomic mass is 19.2. The van der Waals surface area contributed by atoms with E-state index in [-0.39, 0.29) is 12.4 Å². The summed E-state index contributed by atoms with van der Waals surface area (Å²) < 4.78 is 32.7. The molecule has 23 heavy (non-hydrogen) atoms. The van der Waals surface area contributed by atoms with Crippen molar-refractivity contribution in [3.05, 3.63) is 71.3 Å². The highest BCUT2D eigenvalue weighted by molar-refractivity contribution is 5.82. The van der Waals surface area contributed by atoms with Crippen molar-refractivity contribution in [3.8, 4) is 0 Å². The molecule has 0 bridgehead atoms. The molecular formula is C19H20F2O2. The standard InChI is InChI=1S/C19H20F2O2/c1-13(22)19(2,3)18(15-9-10-16(20)17(21)11-15)23-12-14-7-5-4-6-8-14/h4-11,18H,12H2,1-3H3/t18-/m0/s1. The summed E-state index contributed by atoms with van der Waals surface area (Å²) in [6.07, 6.45) is -0.671. The lowest BCUT2D eigenvalue weighted by atomic mass is 9.79. The van der Waals surface area contributed by atoms with Crippen LogP contribution in [0.3, 0.4) is 0 Å². The summed E-state index contributed by atoms with van der Waals surface area (Å²) in [5.74, 6) is -1.95. The van der Waals surface area contributed by atoms with Crippen molar-refractivity contribution in [2.45, 2.75) is 33.5 Å². The summed E-state index contributed by atoms with van der Waals surface area (Å²) in [5, 5.41) is 0. The van der Waals surface area contributed by atoms with Crippen LogP contribution >= 0.6 is 0 Å². The summed E-state index contributed by atoms with van der Waals surface area (Å²) in [6.45, 7) is 5.23. The largest absolute Gasteiger partial charge is 0.368 e. The zero-order valence-corrected chi connectivity index (χ0v) is 13.5. The van der Waals surface area contributed by atoms with E-state index in [0.717, 1.165) is 17.7 Å². The number of Topliss-reactive ketones (excluding diaryl/α,β-unsaturated/α-hetero) is 1. The minimum Gasteiger partial charge on any atom is -0.368 e. The van der Waals surface area contributed by atoms with Gasteiger partial charge in [-0.1, -0.05) is 50.2 Å². The molecular weight excluding hydrogens is 298 g/mol. The molecule has 2 nitrogen and oxygen atoms in total. The van der Waals surface area contributed by atoms with Crippen molar-refractivity contribution in [1.29, 1.82) is 0 Å². The Morgan fingerprint density at radius 2 is 1.74 bits per heavy atom. The Labute approximate surface area is 135 Å². The first kappa shape index (κ1) is 17.3. The first-order valence-electron chi connectivity index (χ1n) is 7.44. The molecule has 0 aliphatic heterocycles. The molecule has 0 aromatic heterocycles. The maximum absolute atomic E-state index is 13.6. The van der Waals surface area contributed by atoms with E-state index in [1.807, 2.05) is 30.3 Å². The Morgan fingerprint density at radius 1 is 1.09 bits per heavy atom. The first-order chi connectivity index (χ1) is 10.8. The predicted octanol–water partition coefficient (Wildman–Crippen LogP) is 4.84. The van der Waals surface area contributed by atoms with E-state index < -0.39 is 23.2 Å². The molecule has 0 saturated carbocycles. The number of carbonyl (C=O) groups excluding carboxylic acids is 1. The van der Waals surface area contributed by atoms with Crippen LogP contribution in [0.2, 0.25) is 0 Å². The fourth-order valence-electron chi connectivity index (χ4n) is 2.34. The number of carbonyl (C=O) groups is 1. The number of halogens is 2. The Balaban J connectivity index is 2.31. The molecule has 0 heterocycles. The minimum atomic E-state index is -0.949. The van der Waals surface area contributed by atoms with Crippen LogP contribution in [0.5, 0.6) is 0 Å². The average Bonchev–Trinajstić information content (AvgIpc) is 2.51. The van der Waals surface area contributed by atoms with Gasteiger partial charge in [0.1, 0.15) is 5.78 Å². The molecule has 4 heteroatoms. The molecule has 2 aromatic rings. The zero-order valence-electron chi connectivity index (χ0n) is 13.5. The molecule has 0 fully saturated rings. The highest BCUT2D eigenvalue weighted by Crippen LogP contribution is 2.38. The first-order valence-corrected chi connectivity index (χ1v) is 7.44. The van der Waals surface area contributed by atoms with Crippen LogP contribution in [0.4, 0.5) is 8.78 Å². The van der Waals surface area contributed by atoms with Gasteiger partial charge >= 0.3 is 0 Å². The maximum Gasteiger partial charge on any atom is 0.159 e. The smallest absolute Gasteiger partial charge is 0.159 e. The third-order valence-corrected chi connectivity index (χ3v) is 4.07. The molecule has 122 valence electrons. The fourth-order valence-corrected chi connectivity index (χ4v) is 2.34. The Kier molecular flexibility index (Phi) is 5.26. The van der Waals surface area contributed by atoms with E-state index in [1.165, 1.54) is 13.0 Å². The number of ether oxygens (including phenoxy) is 1. The van der Waals surface area contributed by atoms with Crippen LogP contribution < -0.4 is 0 Å². The molecule has 0 saturated heterocycles. The third-order valence-electron chi connectivity index (χ3n) is 4.07. The Hall–Kier alpha value is -2.07. The van der Waals surface area contributed by atoms with E-state index in [1.54, 1.807) is 13.8 Å². The van der Waals surface area contributed by atoms with Gasteiger partial charge in [0.15, 0.2) is 11.6 Å². The van der Waals surface area contributed by atoms with Crippen molar-refractivity contribution >= 4 is 5.78 Å². The molecule has 0 radical (unpaired) electrons. The van der Waals surface area contributed by atoms with Crippen molar-refractivity contribution < 1.29 is 18.3 Å². The van der Waals surface area contributed by atoms with Crippen LogP contribution in [0.1, 0.15) is 38.0 Å². The van der Waals surface area contributed by atoms with E-state index in [4.69, 9.17) is 4.74 Å². The van der Waals surface area contributed by atoms with Crippen LogP contribution in [0.25, 0.3) is 0 Å². The highest BCUT2D eigenvalue weighted by Gasteiger charge is 2.36. The fraction of sp³-hybridized carbons (Fsp3) is 0.316. The Morgan fingerprint density at radius 3 is 2.30 bits per heavy atom. The van der Waals surface area contributed by atoms with Gasteiger partial charge in [0, 0.05) is 0 Å². The average molecular weight is 318 g/mol. The maximum atomic E-state index is 13.6. The monoisotopic (exact) mass is 318 g/mol. The van der Waals surface area contributed by atoms with E-state index in [9.17, 15) is 13.6 Å². The van der Waals surface area contributed by atoms with Crippen LogP contribution in [-0.4, -0.2) is 5.78 Å². The summed E-state index contributed by atoms with van der Waals surface area (Å²) in [7, 11) is 0. The lowest BCUT2D eigenvalue weighted by molar-refractivity contribution is -0.135. The third kappa shape index (κ3) is 4.02. The minimum absolute atomic E-state index is 0.0831. The van der Waals surface area contributed by atoms with Gasteiger partial charge in [-0.15, -0.1) is 0 Å². The second-order valence-electron chi connectivity index (χ2n) is 6.13. The molecule has 0 amide bonds. The lowest BCUT2D eigenvalue weighted by Crippen LogP contribution is -2.31. The molecule has 0 aliphatic rings. The van der Waals surface area contributed by atoms with Crippen molar-refractivity contribution in [2.75, 3.05) is 0 Å². The molecule has 0 N–H and O–H groups in total. The molecule has 0 unspecified atom stereocenters. The van der Waals surface area contributed by atoms with Crippen molar-refractivity contribution in [2.24, 2.45) is 5.41 Å². The Bertz CT molecular complexity index is 681. The summed E-state index contributed by atoms with van der Waals surface area (Å²) in [6, 6.07) is 13.1. The molecule has 2 aromatic carbocycles. The molecule has 2 rings (SSSR count). The van der Waals surface area contributed by atoms with Gasteiger partial charge < -0.3 is 4.74 Å². The second kappa shape index (κ2) is 7.01. The molecule has 0 spiro atoms.